The number of aliphatic hydroxyl groups is 1. The molecule has 1 aliphatic carbocycles. The molecule has 0 spiro atoms. The number of ether oxygens (including phenoxy) is 2. The second-order valence-electron chi connectivity index (χ2n) is 11.9. The molecule has 41 heavy (non-hydrogen) atoms. The van der Waals surface area contributed by atoms with Gasteiger partial charge in [-0.1, -0.05) is 99.7 Å². The number of aliphatic hydroxyl groups excluding tert-OH is 1. The Morgan fingerprint density at radius 3 is 2.46 bits per heavy atom. The minimum atomic E-state index is -0.714. The van der Waals surface area contributed by atoms with E-state index in [1.807, 2.05) is 55.5 Å². The van der Waals surface area contributed by atoms with E-state index in [-0.39, 0.29) is 29.8 Å². The lowest BCUT2D eigenvalue weighted by molar-refractivity contribution is -0.141. The maximum absolute atomic E-state index is 13.1. The predicted molar refractivity (Wildman–Crippen MR) is 160 cm³/mol. The van der Waals surface area contributed by atoms with Crippen molar-refractivity contribution in [3.8, 4) is 11.1 Å². The summed E-state index contributed by atoms with van der Waals surface area (Å²) in [6.45, 7) is 6.47. The lowest BCUT2D eigenvalue weighted by Gasteiger charge is -2.22. The van der Waals surface area contributed by atoms with Crippen molar-refractivity contribution in [3.05, 3.63) is 108 Å². The third-order valence-corrected chi connectivity index (χ3v) is 8.57. The molecule has 1 saturated heterocycles. The van der Waals surface area contributed by atoms with Crippen LogP contribution in [-0.2, 0) is 20.7 Å². The van der Waals surface area contributed by atoms with Crippen LogP contribution < -0.4 is 0 Å². The number of rotatable bonds is 10. The van der Waals surface area contributed by atoms with Crippen LogP contribution in [0.4, 0.5) is 0 Å². The van der Waals surface area contributed by atoms with E-state index in [9.17, 15) is 14.7 Å². The van der Waals surface area contributed by atoms with Crippen molar-refractivity contribution in [1.29, 1.82) is 0 Å². The molecule has 0 bridgehead atoms. The Morgan fingerprint density at radius 2 is 1.73 bits per heavy atom. The van der Waals surface area contributed by atoms with Crippen molar-refractivity contribution in [2.75, 3.05) is 0 Å². The van der Waals surface area contributed by atoms with Crippen LogP contribution >= 0.6 is 0 Å². The van der Waals surface area contributed by atoms with Crippen LogP contribution in [-0.4, -0.2) is 35.4 Å². The van der Waals surface area contributed by atoms with Gasteiger partial charge in [-0.3, -0.25) is 4.79 Å². The van der Waals surface area contributed by atoms with Gasteiger partial charge in [-0.15, -0.1) is 0 Å². The van der Waals surface area contributed by atoms with Gasteiger partial charge in [0.2, 0.25) is 0 Å². The highest BCUT2D eigenvalue weighted by molar-refractivity contribution is 5.90. The predicted octanol–water partition coefficient (Wildman–Crippen LogP) is 7.14. The quantitative estimate of drug-likeness (QED) is 0.214. The van der Waals surface area contributed by atoms with E-state index in [1.165, 1.54) is 5.56 Å². The van der Waals surface area contributed by atoms with Gasteiger partial charge in [-0.2, -0.15) is 0 Å². The summed E-state index contributed by atoms with van der Waals surface area (Å²) in [5.74, 6) is -0.356. The monoisotopic (exact) mass is 552 g/mol. The van der Waals surface area contributed by atoms with E-state index in [0.29, 0.717) is 24.3 Å². The molecular weight excluding hydrogens is 512 g/mol. The normalized spacial score (nSPS) is 23.4. The number of carbonyl (C=O) groups is 2. The number of fused-ring (bicyclic) bond motifs is 1. The lowest BCUT2D eigenvalue weighted by atomic mass is 9.88. The molecule has 1 saturated carbocycles. The van der Waals surface area contributed by atoms with Gasteiger partial charge in [0.25, 0.3) is 0 Å². The van der Waals surface area contributed by atoms with E-state index in [0.717, 1.165) is 29.5 Å². The first-order chi connectivity index (χ1) is 19.8. The fourth-order valence-corrected chi connectivity index (χ4v) is 6.02. The molecule has 1 N–H and O–H groups in total. The van der Waals surface area contributed by atoms with Crippen molar-refractivity contribution < 1.29 is 24.2 Å². The molecule has 214 valence electrons. The number of esters is 2. The van der Waals surface area contributed by atoms with Crippen molar-refractivity contribution in [2.45, 2.75) is 70.7 Å². The first kappa shape index (κ1) is 28.8. The zero-order valence-corrected chi connectivity index (χ0v) is 24.1. The topological polar surface area (TPSA) is 72.8 Å². The van der Waals surface area contributed by atoms with Crippen molar-refractivity contribution in [2.24, 2.45) is 17.8 Å². The molecule has 5 nitrogen and oxygen atoms in total. The second-order valence-corrected chi connectivity index (χ2v) is 11.9. The van der Waals surface area contributed by atoms with Gasteiger partial charge in [-0.25, -0.2) is 4.79 Å². The molecule has 5 rings (SSSR count). The summed E-state index contributed by atoms with van der Waals surface area (Å²) in [6.07, 6.45) is 5.22. The van der Waals surface area contributed by atoms with Gasteiger partial charge in [-0.05, 0) is 53.1 Å². The second kappa shape index (κ2) is 12.9. The Labute approximate surface area is 243 Å². The van der Waals surface area contributed by atoms with Crippen LogP contribution in [0, 0.1) is 17.8 Å². The standard InChI is InChI=1S/C36H40O5/c1-23(2)12-13-25-8-7-11-29(20-25)24(3)32(37)19-18-30-31-21-35(38)40-34(31)22-33(30)41-36(39)28-16-14-27(15-17-28)26-9-5-4-6-10-26/h4-11,14-20,23-24,30-34,37H,12-13,21-22H2,1-3H3/b19-18+/t24-,30-,31-,32?,33?,34+/m1/s1. The average Bonchev–Trinajstić information content (AvgIpc) is 3.50. The maximum atomic E-state index is 13.1. The molecule has 1 heterocycles. The van der Waals surface area contributed by atoms with Crippen LogP contribution in [0.1, 0.15) is 67.4 Å². The first-order valence-electron chi connectivity index (χ1n) is 14.8. The summed E-state index contributed by atoms with van der Waals surface area (Å²) >= 11 is 0. The third-order valence-electron chi connectivity index (χ3n) is 8.57. The zero-order valence-electron chi connectivity index (χ0n) is 24.1. The Bertz CT molecular complexity index is 1360. The number of aryl methyl sites for hydroxylation is 1. The fourth-order valence-electron chi connectivity index (χ4n) is 6.02. The van der Waals surface area contributed by atoms with E-state index in [1.54, 1.807) is 18.2 Å². The first-order valence-corrected chi connectivity index (χ1v) is 14.8. The summed E-state index contributed by atoms with van der Waals surface area (Å²) in [5, 5.41) is 11.1. The van der Waals surface area contributed by atoms with E-state index >= 15 is 0 Å². The largest absolute Gasteiger partial charge is 0.462 e. The Hall–Kier alpha value is -3.70. The van der Waals surface area contributed by atoms with Crippen molar-refractivity contribution in [3.63, 3.8) is 0 Å². The van der Waals surface area contributed by atoms with Gasteiger partial charge in [0.15, 0.2) is 0 Å². The molecule has 0 aromatic heterocycles. The summed E-state index contributed by atoms with van der Waals surface area (Å²) in [7, 11) is 0. The Morgan fingerprint density at radius 1 is 1.00 bits per heavy atom. The van der Waals surface area contributed by atoms with E-state index < -0.39 is 18.2 Å². The number of hydrogen-bond acceptors (Lipinski definition) is 5. The van der Waals surface area contributed by atoms with Crippen molar-refractivity contribution >= 4 is 11.9 Å². The average molecular weight is 553 g/mol. The molecule has 5 heteroatoms. The molecule has 2 fully saturated rings. The molecule has 1 aliphatic heterocycles. The number of carbonyl (C=O) groups excluding carboxylic acids is 2. The third kappa shape index (κ3) is 6.97. The highest BCUT2D eigenvalue weighted by atomic mass is 16.6. The Balaban J connectivity index is 1.27. The molecule has 3 aromatic carbocycles. The fraction of sp³-hybridized carbons (Fsp3) is 0.389. The zero-order chi connectivity index (χ0) is 28.9. The minimum Gasteiger partial charge on any atom is -0.462 e. The van der Waals surface area contributed by atoms with Gasteiger partial charge < -0.3 is 14.6 Å². The van der Waals surface area contributed by atoms with Crippen LogP contribution in [0.2, 0.25) is 0 Å². The van der Waals surface area contributed by atoms with Gasteiger partial charge in [0.1, 0.15) is 12.2 Å². The van der Waals surface area contributed by atoms with E-state index in [2.05, 4.69) is 38.1 Å². The summed E-state index contributed by atoms with van der Waals surface area (Å²) in [6, 6.07) is 25.9. The minimum absolute atomic E-state index is 0.0705. The molecule has 6 atom stereocenters. The van der Waals surface area contributed by atoms with Crippen LogP contribution in [0.5, 0.6) is 0 Å². The van der Waals surface area contributed by atoms with Crippen LogP contribution in [0.3, 0.4) is 0 Å². The SMILES string of the molecule is CC(C)CCc1cccc([C@@H](C)C(O)/C=C/[C@H]2C(OC(=O)c3ccc(-c4ccccc4)cc3)C[C@@H]3OC(=O)C[C@@H]32)c1. The smallest absolute Gasteiger partial charge is 0.338 e. The van der Waals surface area contributed by atoms with Gasteiger partial charge in [0.05, 0.1) is 18.1 Å². The van der Waals surface area contributed by atoms with Crippen LogP contribution in [0.25, 0.3) is 11.1 Å². The maximum Gasteiger partial charge on any atom is 0.338 e. The molecular formula is C36H40O5. The summed E-state index contributed by atoms with van der Waals surface area (Å²) in [5.41, 5.74) is 4.96. The molecule has 2 aliphatic rings. The number of hydrogen-bond donors (Lipinski definition) is 1. The Kier molecular flexibility index (Phi) is 9.04. The molecule has 0 radical (unpaired) electrons. The highest BCUT2D eigenvalue weighted by Crippen LogP contribution is 2.44. The molecule has 0 amide bonds. The van der Waals surface area contributed by atoms with Crippen LogP contribution in [0.15, 0.2) is 91.0 Å². The van der Waals surface area contributed by atoms with Gasteiger partial charge in [0, 0.05) is 24.2 Å². The summed E-state index contributed by atoms with van der Waals surface area (Å²) in [4.78, 5) is 25.2. The summed E-state index contributed by atoms with van der Waals surface area (Å²) < 4.78 is 11.6. The van der Waals surface area contributed by atoms with Gasteiger partial charge >= 0.3 is 11.9 Å². The van der Waals surface area contributed by atoms with E-state index in [4.69, 9.17) is 9.47 Å². The molecule has 2 unspecified atom stereocenters. The number of benzene rings is 3. The molecule has 3 aromatic rings. The lowest BCUT2D eigenvalue weighted by Crippen LogP contribution is -2.25. The van der Waals surface area contributed by atoms with Crippen molar-refractivity contribution in [1.82, 2.24) is 0 Å². The highest BCUT2D eigenvalue weighted by Gasteiger charge is 2.50.